The van der Waals surface area contributed by atoms with E-state index in [0.29, 0.717) is 16.3 Å². The highest BCUT2D eigenvalue weighted by Gasteiger charge is 2.31. The van der Waals surface area contributed by atoms with Crippen LogP contribution in [0.15, 0.2) is 66.8 Å². The highest BCUT2D eigenvalue weighted by molar-refractivity contribution is 6.32. The number of ether oxygens (including phenoxy) is 3. The van der Waals surface area contributed by atoms with Crippen molar-refractivity contribution in [2.45, 2.75) is 65.2 Å². The average molecular weight is 639 g/mol. The summed E-state index contributed by atoms with van der Waals surface area (Å²) in [5, 5.41) is 5.85. The normalized spacial score (nSPS) is 23.5. The van der Waals surface area contributed by atoms with Crippen molar-refractivity contribution in [1.82, 2.24) is 10.6 Å². The Morgan fingerprint density at radius 3 is 2.42 bits per heavy atom. The Labute approximate surface area is 270 Å². The molecule has 9 nitrogen and oxygen atoms in total. The maximum absolute atomic E-state index is 13.4. The Hall–Kier alpha value is -4.11. The number of hydrogen-bond donors (Lipinski definition) is 2. The summed E-state index contributed by atoms with van der Waals surface area (Å²) in [6, 6.07) is 13.9. The van der Waals surface area contributed by atoms with E-state index in [1.54, 1.807) is 31.2 Å². The van der Waals surface area contributed by atoms with Crippen molar-refractivity contribution in [3.63, 3.8) is 0 Å². The van der Waals surface area contributed by atoms with Gasteiger partial charge in [-0.15, -0.1) is 0 Å². The summed E-state index contributed by atoms with van der Waals surface area (Å²) in [4.78, 5) is 52.7. The van der Waals surface area contributed by atoms with Crippen LogP contribution in [0.3, 0.4) is 0 Å². The predicted molar refractivity (Wildman–Crippen MR) is 173 cm³/mol. The number of halogens is 1. The summed E-state index contributed by atoms with van der Waals surface area (Å²) in [7, 11) is 1.51. The summed E-state index contributed by atoms with van der Waals surface area (Å²) >= 11 is 6.29. The van der Waals surface area contributed by atoms with Gasteiger partial charge in [0.25, 0.3) is 0 Å². The van der Waals surface area contributed by atoms with Gasteiger partial charge in [-0.2, -0.15) is 0 Å². The molecule has 5 atom stereocenters. The van der Waals surface area contributed by atoms with E-state index in [-0.39, 0.29) is 37.6 Å². The van der Waals surface area contributed by atoms with Crippen LogP contribution < -0.4 is 15.4 Å². The lowest BCUT2D eigenvalue weighted by molar-refractivity contribution is -0.175. The molecule has 2 aromatic carbocycles. The molecule has 2 aromatic rings. The van der Waals surface area contributed by atoms with Crippen molar-refractivity contribution in [3.8, 4) is 5.75 Å². The highest BCUT2D eigenvalue weighted by atomic mass is 35.5. The second-order valence-electron chi connectivity index (χ2n) is 11.7. The van der Waals surface area contributed by atoms with Crippen molar-refractivity contribution in [2.75, 3.05) is 13.7 Å². The Morgan fingerprint density at radius 1 is 1.02 bits per heavy atom. The molecule has 0 radical (unpaired) electrons. The molecular weight excluding hydrogens is 596 g/mol. The minimum Gasteiger partial charge on any atom is -0.495 e. The lowest BCUT2D eigenvalue weighted by Crippen LogP contribution is -2.49. The van der Waals surface area contributed by atoms with Crippen molar-refractivity contribution < 1.29 is 33.4 Å². The van der Waals surface area contributed by atoms with E-state index >= 15 is 0 Å². The number of benzene rings is 2. The van der Waals surface area contributed by atoms with Crippen LogP contribution in [0.2, 0.25) is 5.02 Å². The first-order valence-electron chi connectivity index (χ1n) is 15.2. The zero-order valence-corrected chi connectivity index (χ0v) is 27.2. The summed E-state index contributed by atoms with van der Waals surface area (Å²) in [5.74, 6) is -2.74. The molecule has 1 aliphatic rings. The Balaban J connectivity index is 1.89. The van der Waals surface area contributed by atoms with Gasteiger partial charge in [0, 0.05) is 25.3 Å². The smallest absolute Gasteiger partial charge is 0.347 e. The van der Waals surface area contributed by atoms with Gasteiger partial charge < -0.3 is 24.8 Å². The molecule has 0 aliphatic carbocycles. The lowest BCUT2D eigenvalue weighted by atomic mass is 9.99. The summed E-state index contributed by atoms with van der Waals surface area (Å²) in [6.07, 6.45) is 5.68. The number of cyclic esters (lactones) is 2. The fourth-order valence-electron chi connectivity index (χ4n) is 4.69. The van der Waals surface area contributed by atoms with Crippen molar-refractivity contribution in [3.05, 3.63) is 82.9 Å². The molecule has 2 N–H and O–H groups in total. The SMILES string of the molecule is COc1ccc(CC2NC(=O)/C=C/CC([C@@H](C)/C=C/c3ccccc3)OC(=O)[C@H](CC(C)C)OC(=O)[C@H](C)CNC2=O)cc1Cl. The molecule has 45 heavy (non-hydrogen) atoms. The van der Waals surface area contributed by atoms with E-state index in [1.165, 1.54) is 13.2 Å². The minimum absolute atomic E-state index is 0.0422. The molecular formula is C35H43ClN2O7. The van der Waals surface area contributed by atoms with Crippen molar-refractivity contribution >= 4 is 41.4 Å². The van der Waals surface area contributed by atoms with Crippen LogP contribution in [0, 0.1) is 17.8 Å². The monoisotopic (exact) mass is 638 g/mol. The van der Waals surface area contributed by atoms with Crippen LogP contribution in [-0.2, 0) is 35.1 Å². The fraction of sp³-hybridized carbons (Fsp3) is 0.429. The van der Waals surface area contributed by atoms with E-state index in [0.717, 1.165) is 5.56 Å². The highest BCUT2D eigenvalue weighted by Crippen LogP contribution is 2.26. The molecule has 0 saturated heterocycles. The third-order valence-electron chi connectivity index (χ3n) is 7.36. The number of carbonyl (C=O) groups excluding carboxylic acids is 4. The number of carbonyl (C=O) groups is 4. The van der Waals surface area contributed by atoms with E-state index in [2.05, 4.69) is 10.6 Å². The number of nitrogens with one attached hydrogen (secondary N) is 2. The number of amides is 2. The summed E-state index contributed by atoms with van der Waals surface area (Å²) < 4.78 is 16.8. The molecule has 0 spiro atoms. The van der Waals surface area contributed by atoms with Crippen molar-refractivity contribution in [1.29, 1.82) is 0 Å². The van der Waals surface area contributed by atoms with Gasteiger partial charge in [0.15, 0.2) is 6.10 Å². The number of rotatable bonds is 8. The van der Waals surface area contributed by atoms with Crippen LogP contribution >= 0.6 is 11.6 Å². The molecule has 0 aromatic heterocycles. The molecule has 2 unspecified atom stereocenters. The maximum atomic E-state index is 13.4. The van der Waals surface area contributed by atoms with Crippen LogP contribution in [0.4, 0.5) is 0 Å². The van der Waals surface area contributed by atoms with Gasteiger partial charge in [-0.25, -0.2) is 4.79 Å². The molecule has 2 amide bonds. The van der Waals surface area contributed by atoms with Gasteiger partial charge >= 0.3 is 11.9 Å². The van der Waals surface area contributed by atoms with E-state index in [4.69, 9.17) is 25.8 Å². The zero-order chi connectivity index (χ0) is 32.9. The van der Waals surface area contributed by atoms with E-state index < -0.39 is 47.9 Å². The second-order valence-corrected chi connectivity index (χ2v) is 12.1. The third-order valence-corrected chi connectivity index (χ3v) is 7.66. The van der Waals surface area contributed by atoms with Crippen LogP contribution in [0.25, 0.3) is 6.08 Å². The Bertz CT molecular complexity index is 1380. The van der Waals surface area contributed by atoms with Crippen LogP contribution in [0.5, 0.6) is 5.75 Å². The van der Waals surface area contributed by atoms with E-state index in [9.17, 15) is 19.2 Å². The van der Waals surface area contributed by atoms with Crippen LogP contribution in [0.1, 0.15) is 51.7 Å². The fourth-order valence-corrected chi connectivity index (χ4v) is 4.97. The quantitative estimate of drug-likeness (QED) is 0.376. The molecule has 3 rings (SSSR count). The Kier molecular flexibility index (Phi) is 13.7. The lowest BCUT2D eigenvalue weighted by Gasteiger charge is -2.26. The largest absolute Gasteiger partial charge is 0.495 e. The molecule has 0 fully saturated rings. The predicted octanol–water partition coefficient (Wildman–Crippen LogP) is 5.31. The molecule has 0 saturated carbocycles. The third kappa shape index (κ3) is 11.4. The van der Waals surface area contributed by atoms with Gasteiger partial charge in [0.05, 0.1) is 18.1 Å². The second kappa shape index (κ2) is 17.4. The van der Waals surface area contributed by atoms with Gasteiger partial charge in [0.2, 0.25) is 11.8 Å². The van der Waals surface area contributed by atoms with Crippen LogP contribution in [-0.4, -0.2) is 55.7 Å². The first kappa shape index (κ1) is 35.4. The molecule has 1 aliphatic heterocycles. The first-order valence-corrected chi connectivity index (χ1v) is 15.6. The van der Waals surface area contributed by atoms with E-state index in [1.807, 2.05) is 63.3 Å². The topological polar surface area (TPSA) is 120 Å². The minimum atomic E-state index is -1.11. The maximum Gasteiger partial charge on any atom is 0.347 e. The van der Waals surface area contributed by atoms with Gasteiger partial charge in [-0.3, -0.25) is 14.4 Å². The van der Waals surface area contributed by atoms with Crippen molar-refractivity contribution in [2.24, 2.45) is 17.8 Å². The molecule has 1 heterocycles. The molecule has 242 valence electrons. The summed E-state index contributed by atoms with van der Waals surface area (Å²) in [6.45, 7) is 7.29. The molecule has 10 heteroatoms. The standard InChI is InChI=1S/C35H43ClN2O7/c1-22(2)18-31-35(42)44-29(23(3)14-15-25-10-7-6-8-11-25)12-9-13-32(39)38-28(33(40)37-21-24(4)34(41)45-31)20-26-16-17-30(43-5)27(36)19-26/h6-11,13-17,19,22-24,28-29,31H,12,18,20-21H2,1-5H3,(H,37,40)(H,38,39)/b13-9+,15-14+/t23-,24+,28?,29?,31-/m0/s1. The number of hydrogen-bond acceptors (Lipinski definition) is 7. The number of esters is 2. The molecule has 0 bridgehead atoms. The first-order chi connectivity index (χ1) is 21.5. The number of methoxy groups -OCH3 is 1. The summed E-state index contributed by atoms with van der Waals surface area (Å²) in [5.41, 5.74) is 1.69. The Morgan fingerprint density at radius 2 is 1.76 bits per heavy atom. The van der Waals surface area contributed by atoms with Gasteiger partial charge in [-0.1, -0.05) is 93.9 Å². The van der Waals surface area contributed by atoms with Gasteiger partial charge in [-0.05, 0) is 41.7 Å². The van der Waals surface area contributed by atoms with Gasteiger partial charge in [0.1, 0.15) is 17.9 Å². The zero-order valence-electron chi connectivity index (χ0n) is 26.5. The average Bonchev–Trinajstić information content (AvgIpc) is 3.01.